The molecule has 2 nitrogen and oxygen atoms in total. The summed E-state index contributed by atoms with van der Waals surface area (Å²) in [6.07, 6.45) is 9.61. The van der Waals surface area contributed by atoms with Gasteiger partial charge in [0.1, 0.15) is 0 Å². The van der Waals surface area contributed by atoms with Crippen molar-refractivity contribution < 1.29 is 9.53 Å². The zero-order chi connectivity index (χ0) is 17.9. The van der Waals surface area contributed by atoms with Crippen LogP contribution in [-0.4, -0.2) is 29.9 Å². The fourth-order valence-corrected chi connectivity index (χ4v) is 18.7. The molecule has 0 saturated heterocycles. The summed E-state index contributed by atoms with van der Waals surface area (Å²) >= 11 is -2.42. The summed E-state index contributed by atoms with van der Waals surface area (Å²) in [5.41, 5.74) is -0.400. The van der Waals surface area contributed by atoms with Crippen molar-refractivity contribution in [2.75, 3.05) is 0 Å². The number of allylic oxidation sites excluding steroid dienone is 1. The van der Waals surface area contributed by atoms with Crippen molar-refractivity contribution in [3.63, 3.8) is 0 Å². The number of esters is 1. The van der Waals surface area contributed by atoms with E-state index in [-0.39, 0.29) is 5.97 Å². The zero-order valence-corrected chi connectivity index (χ0v) is 19.6. The van der Waals surface area contributed by atoms with E-state index < -0.39 is 24.0 Å². The monoisotopic (exact) mass is 432 g/mol. The molecule has 0 aromatic heterocycles. The molecule has 0 unspecified atom stereocenters. The average Bonchev–Trinajstić information content (AvgIpc) is 2.44. The molecule has 0 aliphatic heterocycles. The average molecular weight is 431 g/mol. The van der Waals surface area contributed by atoms with Crippen LogP contribution >= 0.6 is 0 Å². The summed E-state index contributed by atoms with van der Waals surface area (Å²) in [4.78, 5) is 12.3. The number of ether oxygens (including phenoxy) is 1. The second-order valence-electron chi connectivity index (χ2n) is 7.95. The van der Waals surface area contributed by atoms with E-state index in [4.69, 9.17) is 4.74 Å². The van der Waals surface area contributed by atoms with E-state index in [1.54, 1.807) is 0 Å². The predicted octanol–water partition coefficient (Wildman–Crippen LogP) is 6.66. The SMILES string of the molecule is CCC[CH2][Sn]([CH2]CCC)([CH2]CCC)/[C](C)=C/C(=O)OC(C)(C)C. The molecule has 0 saturated carbocycles. The quantitative estimate of drug-likeness (QED) is 0.208. The molecule has 0 heterocycles. The molecule has 0 aliphatic carbocycles. The summed E-state index contributed by atoms with van der Waals surface area (Å²) in [6, 6.07) is 0. The summed E-state index contributed by atoms with van der Waals surface area (Å²) < 4.78 is 11.2. The molecule has 0 bridgehead atoms. The van der Waals surface area contributed by atoms with Crippen molar-refractivity contribution in [3.8, 4) is 0 Å². The van der Waals surface area contributed by atoms with Crippen molar-refractivity contribution in [1.82, 2.24) is 0 Å². The van der Waals surface area contributed by atoms with Crippen LogP contribution in [0.2, 0.25) is 13.3 Å². The molecular formula is C20H40O2Sn. The Bertz CT molecular complexity index is 345. The Morgan fingerprint density at radius 2 is 1.30 bits per heavy atom. The van der Waals surface area contributed by atoms with E-state index in [1.807, 2.05) is 26.8 Å². The Labute approximate surface area is 149 Å². The number of hydrogen-bond acceptors (Lipinski definition) is 2. The minimum absolute atomic E-state index is 0.138. The maximum atomic E-state index is 12.3. The molecule has 0 atom stereocenters. The number of unbranched alkanes of at least 4 members (excludes halogenated alkanes) is 3. The van der Waals surface area contributed by atoms with Gasteiger partial charge in [-0.2, -0.15) is 0 Å². The van der Waals surface area contributed by atoms with Gasteiger partial charge in [0.2, 0.25) is 0 Å². The number of carbonyl (C=O) groups is 1. The Balaban J connectivity index is 5.35. The normalized spacial score (nSPS) is 13.3. The molecular weight excluding hydrogens is 391 g/mol. The van der Waals surface area contributed by atoms with Gasteiger partial charge >= 0.3 is 149 Å². The second-order valence-corrected chi connectivity index (χ2v) is 21.8. The van der Waals surface area contributed by atoms with Crippen LogP contribution in [-0.2, 0) is 9.53 Å². The first-order valence-corrected chi connectivity index (χ1v) is 17.1. The number of hydrogen-bond donors (Lipinski definition) is 0. The fourth-order valence-electron chi connectivity index (χ4n) is 3.17. The van der Waals surface area contributed by atoms with Crippen LogP contribution < -0.4 is 0 Å². The maximum absolute atomic E-state index is 12.3. The molecule has 0 radical (unpaired) electrons. The van der Waals surface area contributed by atoms with Gasteiger partial charge in [0.05, 0.1) is 0 Å². The summed E-state index contributed by atoms with van der Waals surface area (Å²) in [6.45, 7) is 14.9. The van der Waals surface area contributed by atoms with Crippen LogP contribution in [0.15, 0.2) is 9.67 Å². The third-order valence-corrected chi connectivity index (χ3v) is 21.0. The molecule has 0 spiro atoms. The van der Waals surface area contributed by atoms with Crippen LogP contribution in [0, 0.1) is 0 Å². The van der Waals surface area contributed by atoms with Gasteiger partial charge in [-0.3, -0.25) is 0 Å². The predicted molar refractivity (Wildman–Crippen MR) is 105 cm³/mol. The van der Waals surface area contributed by atoms with E-state index in [0.29, 0.717) is 0 Å². The number of rotatable bonds is 11. The first-order chi connectivity index (χ1) is 10.7. The van der Waals surface area contributed by atoms with Crippen LogP contribution in [0.3, 0.4) is 0 Å². The van der Waals surface area contributed by atoms with Gasteiger partial charge in [-0.1, -0.05) is 0 Å². The Morgan fingerprint density at radius 1 is 0.913 bits per heavy atom. The van der Waals surface area contributed by atoms with Crippen molar-refractivity contribution in [3.05, 3.63) is 9.67 Å². The molecule has 0 amide bonds. The van der Waals surface area contributed by atoms with E-state index in [9.17, 15) is 4.79 Å². The summed E-state index contributed by atoms with van der Waals surface area (Å²) in [7, 11) is 0. The van der Waals surface area contributed by atoms with Crippen LogP contribution in [0.5, 0.6) is 0 Å². The van der Waals surface area contributed by atoms with Gasteiger partial charge in [0.15, 0.2) is 0 Å². The first-order valence-electron chi connectivity index (χ1n) is 9.62. The molecule has 0 rings (SSSR count). The fraction of sp³-hybridized carbons (Fsp3) is 0.850. The molecule has 0 aliphatic rings. The molecule has 0 N–H and O–H groups in total. The van der Waals surface area contributed by atoms with Gasteiger partial charge in [-0.25, -0.2) is 0 Å². The van der Waals surface area contributed by atoms with Gasteiger partial charge < -0.3 is 0 Å². The topological polar surface area (TPSA) is 26.3 Å². The van der Waals surface area contributed by atoms with Crippen LogP contribution in [0.4, 0.5) is 0 Å². The van der Waals surface area contributed by atoms with Crippen molar-refractivity contribution in [2.45, 2.75) is 106 Å². The van der Waals surface area contributed by atoms with Crippen LogP contribution in [0.1, 0.15) is 87.0 Å². The summed E-state index contributed by atoms with van der Waals surface area (Å²) in [5, 5.41) is 0. The van der Waals surface area contributed by atoms with Crippen molar-refractivity contribution >= 4 is 24.3 Å². The Hall–Kier alpha value is 0.00870. The van der Waals surface area contributed by atoms with E-state index in [1.165, 1.54) is 55.4 Å². The molecule has 3 heteroatoms. The van der Waals surface area contributed by atoms with Gasteiger partial charge in [-0.05, 0) is 0 Å². The van der Waals surface area contributed by atoms with Gasteiger partial charge in [0.25, 0.3) is 0 Å². The van der Waals surface area contributed by atoms with Crippen molar-refractivity contribution in [2.24, 2.45) is 0 Å². The van der Waals surface area contributed by atoms with E-state index >= 15 is 0 Å². The molecule has 0 aromatic rings. The second kappa shape index (κ2) is 11.5. The van der Waals surface area contributed by atoms with E-state index in [2.05, 4.69) is 27.7 Å². The van der Waals surface area contributed by atoms with Gasteiger partial charge in [0, 0.05) is 0 Å². The van der Waals surface area contributed by atoms with E-state index in [0.717, 1.165) is 0 Å². The molecule has 0 fully saturated rings. The summed E-state index contributed by atoms with van der Waals surface area (Å²) in [5.74, 6) is -0.138. The van der Waals surface area contributed by atoms with Crippen LogP contribution in [0.25, 0.3) is 0 Å². The number of carbonyl (C=O) groups excluding carboxylic acids is 1. The minimum atomic E-state index is -2.42. The van der Waals surface area contributed by atoms with Crippen molar-refractivity contribution in [1.29, 1.82) is 0 Å². The Kier molecular flexibility index (Phi) is 11.5. The molecule has 23 heavy (non-hydrogen) atoms. The first kappa shape index (κ1) is 23.0. The third-order valence-electron chi connectivity index (χ3n) is 4.60. The molecule has 136 valence electrons. The molecule has 0 aromatic carbocycles. The standard InChI is InChI=1S/C8H13O2.3C4H9.Sn/c1-5-6-7(9)10-8(2,3)4;3*1-3-4-2;/h6H,1-4H3;3*1,3-4H2,2H3;. The zero-order valence-electron chi connectivity index (χ0n) is 16.8. The van der Waals surface area contributed by atoms with Gasteiger partial charge in [-0.15, -0.1) is 0 Å². The third kappa shape index (κ3) is 9.78. The Morgan fingerprint density at radius 3 is 1.61 bits per heavy atom.